The highest BCUT2D eigenvalue weighted by Gasteiger charge is 2.11. The summed E-state index contributed by atoms with van der Waals surface area (Å²) in [5.41, 5.74) is 1.77. The minimum Gasteiger partial charge on any atom is -0.350 e. The fourth-order valence-electron chi connectivity index (χ4n) is 2.80. The molecule has 0 fully saturated rings. The maximum atomic E-state index is 13.1. The van der Waals surface area contributed by atoms with Gasteiger partial charge in [0.25, 0.3) is 11.5 Å². The molecule has 28 heavy (non-hydrogen) atoms. The molecule has 0 atom stereocenters. The molecule has 1 N–H and O–H groups in total. The zero-order valence-corrected chi connectivity index (χ0v) is 14.7. The summed E-state index contributed by atoms with van der Waals surface area (Å²) in [7, 11) is 0. The summed E-state index contributed by atoms with van der Waals surface area (Å²) in [6.07, 6.45) is 4.38. The topological polar surface area (TPSA) is 81.3 Å². The lowest BCUT2D eigenvalue weighted by molar-refractivity contribution is 0.0947. The van der Waals surface area contributed by atoms with E-state index < -0.39 is 17.3 Å². The van der Waals surface area contributed by atoms with Crippen LogP contribution in [0.4, 0.5) is 4.39 Å². The van der Waals surface area contributed by atoms with Crippen molar-refractivity contribution in [3.05, 3.63) is 94.5 Å². The number of amides is 1. The van der Waals surface area contributed by atoms with E-state index in [0.29, 0.717) is 18.7 Å². The van der Waals surface area contributed by atoms with Crippen molar-refractivity contribution < 1.29 is 9.18 Å². The zero-order chi connectivity index (χ0) is 19.5. The fraction of sp³-hybridized carbons (Fsp3) is 0.100. The first-order chi connectivity index (χ1) is 13.6. The summed E-state index contributed by atoms with van der Waals surface area (Å²) >= 11 is 0. The molecule has 0 aliphatic carbocycles. The average Bonchev–Trinajstić information content (AvgIpc) is 3.12. The van der Waals surface area contributed by atoms with Crippen molar-refractivity contribution in [1.29, 1.82) is 0 Å². The van der Waals surface area contributed by atoms with Gasteiger partial charge in [-0.15, -0.1) is 0 Å². The van der Waals surface area contributed by atoms with Gasteiger partial charge in [0.2, 0.25) is 0 Å². The minimum atomic E-state index is -0.419. The molecular formula is C20H16FN5O2. The molecule has 8 heteroatoms. The van der Waals surface area contributed by atoms with Crippen LogP contribution in [0.25, 0.3) is 11.3 Å². The smallest absolute Gasteiger partial charge is 0.271 e. The molecule has 3 heterocycles. The monoisotopic (exact) mass is 377 g/mol. The van der Waals surface area contributed by atoms with Gasteiger partial charge in [-0.2, -0.15) is 9.78 Å². The van der Waals surface area contributed by atoms with Gasteiger partial charge in [-0.05, 0) is 42.5 Å². The summed E-state index contributed by atoms with van der Waals surface area (Å²) in [4.78, 5) is 28.9. The Morgan fingerprint density at radius 1 is 1.07 bits per heavy atom. The Balaban J connectivity index is 1.45. The summed E-state index contributed by atoms with van der Waals surface area (Å²) < 4.78 is 16.1. The number of pyridine rings is 1. The molecule has 0 unspecified atom stereocenters. The van der Waals surface area contributed by atoms with E-state index in [1.165, 1.54) is 36.4 Å². The van der Waals surface area contributed by atoms with Gasteiger partial charge in [-0.1, -0.05) is 6.07 Å². The molecule has 0 radical (unpaired) electrons. The number of nitrogens with one attached hydrogen (secondary N) is 1. The van der Waals surface area contributed by atoms with E-state index in [0.717, 1.165) is 16.0 Å². The lowest BCUT2D eigenvalue weighted by Crippen LogP contribution is -2.30. The molecule has 0 aliphatic rings. The summed E-state index contributed by atoms with van der Waals surface area (Å²) in [5.74, 6) is -0.822. The number of halogens is 1. The van der Waals surface area contributed by atoms with Crippen molar-refractivity contribution >= 4 is 11.6 Å². The van der Waals surface area contributed by atoms with Gasteiger partial charge >= 0.3 is 0 Å². The van der Waals surface area contributed by atoms with E-state index in [1.807, 2.05) is 35.0 Å². The Labute approximate surface area is 159 Å². The largest absolute Gasteiger partial charge is 0.350 e. The summed E-state index contributed by atoms with van der Waals surface area (Å²) in [5, 5.41) is 6.86. The van der Waals surface area contributed by atoms with Gasteiger partial charge in [-0.3, -0.25) is 9.59 Å². The zero-order valence-electron chi connectivity index (χ0n) is 14.7. The van der Waals surface area contributed by atoms with Crippen LogP contribution in [-0.4, -0.2) is 31.6 Å². The molecule has 0 saturated carbocycles. The van der Waals surface area contributed by atoms with Crippen molar-refractivity contribution in [3.63, 3.8) is 0 Å². The van der Waals surface area contributed by atoms with Crippen LogP contribution in [0, 0.1) is 5.82 Å². The second kappa shape index (κ2) is 7.43. The van der Waals surface area contributed by atoms with E-state index in [9.17, 15) is 14.0 Å². The standard InChI is InChI=1S/C20H16FN5O2/c21-14-4-6-16(7-5-14)26-19(27)9-8-17(24-26)20(28)22-11-10-15-13-25-12-2-1-3-18(25)23-15/h1-9,12-13H,10-11H2,(H,22,28). The van der Waals surface area contributed by atoms with Gasteiger partial charge in [0.15, 0.2) is 0 Å². The third-order valence-electron chi connectivity index (χ3n) is 4.18. The van der Waals surface area contributed by atoms with Gasteiger partial charge < -0.3 is 9.72 Å². The predicted molar refractivity (Wildman–Crippen MR) is 101 cm³/mol. The van der Waals surface area contributed by atoms with Crippen LogP contribution in [0.5, 0.6) is 0 Å². The lowest BCUT2D eigenvalue weighted by atomic mass is 10.3. The van der Waals surface area contributed by atoms with Gasteiger partial charge in [0, 0.05) is 31.4 Å². The first-order valence-corrected chi connectivity index (χ1v) is 8.67. The molecular weight excluding hydrogens is 361 g/mol. The van der Waals surface area contributed by atoms with Crippen LogP contribution in [0.2, 0.25) is 0 Å². The Morgan fingerprint density at radius 2 is 1.89 bits per heavy atom. The predicted octanol–water partition coefficient (Wildman–Crippen LogP) is 1.99. The van der Waals surface area contributed by atoms with Crippen molar-refractivity contribution in [1.82, 2.24) is 24.5 Å². The Bertz CT molecular complexity index is 1160. The van der Waals surface area contributed by atoms with Crippen LogP contribution in [0.15, 0.2) is 71.8 Å². The van der Waals surface area contributed by atoms with E-state index in [-0.39, 0.29) is 5.69 Å². The molecule has 140 valence electrons. The van der Waals surface area contributed by atoms with E-state index in [4.69, 9.17) is 0 Å². The Morgan fingerprint density at radius 3 is 2.68 bits per heavy atom. The SMILES string of the molecule is O=C(NCCc1cn2ccccc2n1)c1ccc(=O)n(-c2ccc(F)cc2)n1. The molecule has 0 spiro atoms. The Kier molecular flexibility index (Phi) is 4.67. The molecule has 7 nitrogen and oxygen atoms in total. The van der Waals surface area contributed by atoms with Gasteiger partial charge in [-0.25, -0.2) is 9.37 Å². The molecule has 3 aromatic heterocycles. The third-order valence-corrected chi connectivity index (χ3v) is 4.18. The van der Waals surface area contributed by atoms with Crippen molar-refractivity contribution in [2.75, 3.05) is 6.54 Å². The van der Waals surface area contributed by atoms with Crippen LogP contribution < -0.4 is 10.9 Å². The maximum Gasteiger partial charge on any atom is 0.271 e. The first-order valence-electron chi connectivity index (χ1n) is 8.67. The number of imidazole rings is 1. The number of hydrogen-bond donors (Lipinski definition) is 1. The Hall–Kier alpha value is -3.81. The maximum absolute atomic E-state index is 13.1. The highest BCUT2D eigenvalue weighted by atomic mass is 19.1. The van der Waals surface area contributed by atoms with Crippen molar-refractivity contribution in [3.8, 4) is 5.69 Å². The number of hydrogen-bond acceptors (Lipinski definition) is 4. The molecule has 4 rings (SSSR count). The second-order valence-corrected chi connectivity index (χ2v) is 6.15. The van der Waals surface area contributed by atoms with Crippen LogP contribution in [0.3, 0.4) is 0 Å². The number of carbonyl (C=O) groups is 1. The number of fused-ring (bicyclic) bond motifs is 1. The number of benzene rings is 1. The van der Waals surface area contributed by atoms with Crippen molar-refractivity contribution in [2.24, 2.45) is 0 Å². The number of aromatic nitrogens is 4. The fourth-order valence-corrected chi connectivity index (χ4v) is 2.80. The molecule has 0 aliphatic heterocycles. The molecule has 1 aromatic carbocycles. The quantitative estimate of drug-likeness (QED) is 0.577. The second-order valence-electron chi connectivity index (χ2n) is 6.15. The first kappa shape index (κ1) is 17.6. The van der Waals surface area contributed by atoms with Crippen molar-refractivity contribution in [2.45, 2.75) is 6.42 Å². The number of carbonyl (C=O) groups excluding carboxylic acids is 1. The molecule has 0 bridgehead atoms. The number of nitrogens with zero attached hydrogens (tertiary/aromatic N) is 4. The summed E-state index contributed by atoms with van der Waals surface area (Å²) in [6.45, 7) is 0.375. The average molecular weight is 377 g/mol. The molecule has 0 saturated heterocycles. The van der Waals surface area contributed by atoms with Crippen LogP contribution >= 0.6 is 0 Å². The highest BCUT2D eigenvalue weighted by Crippen LogP contribution is 2.07. The van der Waals surface area contributed by atoms with E-state index in [2.05, 4.69) is 15.4 Å². The van der Waals surface area contributed by atoms with Gasteiger partial charge in [0.1, 0.15) is 17.2 Å². The van der Waals surface area contributed by atoms with E-state index >= 15 is 0 Å². The van der Waals surface area contributed by atoms with E-state index in [1.54, 1.807) is 0 Å². The third kappa shape index (κ3) is 3.66. The molecule has 1 amide bonds. The highest BCUT2D eigenvalue weighted by molar-refractivity contribution is 5.92. The van der Waals surface area contributed by atoms with Crippen LogP contribution in [-0.2, 0) is 6.42 Å². The van der Waals surface area contributed by atoms with Gasteiger partial charge in [0.05, 0.1) is 11.4 Å². The number of rotatable bonds is 5. The minimum absolute atomic E-state index is 0.0962. The summed E-state index contributed by atoms with van der Waals surface area (Å²) in [6, 6.07) is 13.7. The normalized spacial score (nSPS) is 10.9. The van der Waals surface area contributed by atoms with Crippen LogP contribution in [0.1, 0.15) is 16.2 Å². The molecule has 4 aromatic rings. The lowest BCUT2D eigenvalue weighted by Gasteiger charge is -2.07.